The smallest absolute Gasteiger partial charge is 0.341 e. The molecule has 2 N–H and O–H groups in total. The van der Waals surface area contributed by atoms with Crippen molar-refractivity contribution in [3.8, 4) is 0 Å². The van der Waals surface area contributed by atoms with Gasteiger partial charge in [-0.2, -0.15) is 13.2 Å². The number of fused-ring (bicyclic) bond motifs is 1. The molecule has 0 bridgehead atoms. The summed E-state index contributed by atoms with van der Waals surface area (Å²) in [5, 5.41) is 5.34. The molecule has 0 spiro atoms. The lowest BCUT2D eigenvalue weighted by Crippen LogP contribution is -2.38. The van der Waals surface area contributed by atoms with Gasteiger partial charge in [0.05, 0.1) is 11.6 Å². The molecule has 1 aliphatic heterocycles. The van der Waals surface area contributed by atoms with Crippen molar-refractivity contribution in [2.45, 2.75) is 23.5 Å². The first-order chi connectivity index (χ1) is 12.7. The van der Waals surface area contributed by atoms with Gasteiger partial charge in [-0.1, -0.05) is 17.7 Å². The monoisotopic (exact) mass is 414 g/mol. The Balaban J connectivity index is 1.69. The molecular weight excluding hydrogens is 401 g/mol. The number of hydrogen-bond donors (Lipinski definition) is 2. The van der Waals surface area contributed by atoms with Crippen molar-refractivity contribution in [2.24, 2.45) is 0 Å². The molecule has 0 fully saturated rings. The topological polar surface area (TPSA) is 58.2 Å². The molecule has 0 aliphatic carbocycles. The maximum absolute atomic E-state index is 12.7. The number of anilines is 1. The molecular formula is C18H14ClF3N2O2S. The molecule has 0 saturated carbocycles. The van der Waals surface area contributed by atoms with E-state index in [1.54, 1.807) is 23.9 Å². The third-order valence-electron chi connectivity index (χ3n) is 3.97. The lowest BCUT2D eigenvalue weighted by molar-refractivity contribution is -0.137. The van der Waals surface area contributed by atoms with E-state index < -0.39 is 23.6 Å². The van der Waals surface area contributed by atoms with Gasteiger partial charge in [-0.25, -0.2) is 0 Å². The van der Waals surface area contributed by atoms with E-state index in [9.17, 15) is 22.8 Å². The summed E-state index contributed by atoms with van der Waals surface area (Å²) >= 11 is 7.63. The van der Waals surface area contributed by atoms with Crippen LogP contribution in [-0.2, 0) is 15.8 Å². The van der Waals surface area contributed by atoms with Crippen LogP contribution >= 0.6 is 23.4 Å². The van der Waals surface area contributed by atoms with Gasteiger partial charge in [-0.05, 0) is 48.4 Å². The lowest BCUT2D eigenvalue weighted by atomic mass is 10.0. The second kappa shape index (κ2) is 7.82. The van der Waals surface area contributed by atoms with E-state index in [2.05, 4.69) is 10.6 Å². The van der Waals surface area contributed by atoms with Crippen LogP contribution in [-0.4, -0.2) is 17.6 Å². The van der Waals surface area contributed by atoms with Crippen molar-refractivity contribution in [3.05, 3.63) is 58.6 Å². The number of halogens is 4. The van der Waals surface area contributed by atoms with Gasteiger partial charge in [0.1, 0.15) is 0 Å². The average Bonchev–Trinajstić information content (AvgIpc) is 2.61. The maximum Gasteiger partial charge on any atom is 0.416 e. The van der Waals surface area contributed by atoms with Crippen LogP contribution in [0.15, 0.2) is 47.4 Å². The van der Waals surface area contributed by atoms with Crippen LogP contribution in [0.2, 0.25) is 5.02 Å². The lowest BCUT2D eigenvalue weighted by Gasteiger charge is -2.26. The molecule has 27 heavy (non-hydrogen) atoms. The van der Waals surface area contributed by atoms with E-state index >= 15 is 0 Å². The fourth-order valence-corrected chi connectivity index (χ4v) is 3.99. The summed E-state index contributed by atoms with van der Waals surface area (Å²) < 4.78 is 38.2. The highest BCUT2D eigenvalue weighted by molar-refractivity contribution is 7.99. The third-order valence-corrected chi connectivity index (χ3v) is 5.33. The van der Waals surface area contributed by atoms with Crippen LogP contribution in [0.3, 0.4) is 0 Å². The van der Waals surface area contributed by atoms with Gasteiger partial charge in [-0.3, -0.25) is 9.59 Å². The predicted molar refractivity (Wildman–Crippen MR) is 97.8 cm³/mol. The zero-order valence-corrected chi connectivity index (χ0v) is 15.3. The Morgan fingerprint density at radius 2 is 1.89 bits per heavy atom. The zero-order chi connectivity index (χ0) is 19.6. The molecule has 1 aliphatic rings. The SMILES string of the molecule is O=C(Nc1cccc(C(F)(F)F)c1)C(=O)NC1CCSc2ccc(Cl)cc21. The first kappa shape index (κ1) is 19.6. The molecule has 2 amide bonds. The first-order valence-corrected chi connectivity index (χ1v) is 9.32. The Hall–Kier alpha value is -2.19. The van der Waals surface area contributed by atoms with E-state index in [1.165, 1.54) is 6.07 Å². The summed E-state index contributed by atoms with van der Waals surface area (Å²) in [6.45, 7) is 0. The molecule has 1 heterocycles. The van der Waals surface area contributed by atoms with Gasteiger partial charge >= 0.3 is 18.0 Å². The first-order valence-electron chi connectivity index (χ1n) is 7.95. The molecule has 0 radical (unpaired) electrons. The summed E-state index contributed by atoms with van der Waals surface area (Å²) in [4.78, 5) is 25.3. The fourth-order valence-electron chi connectivity index (χ4n) is 2.70. The molecule has 3 rings (SSSR count). The number of carbonyl (C=O) groups is 2. The summed E-state index contributed by atoms with van der Waals surface area (Å²) in [5.74, 6) is -1.19. The van der Waals surface area contributed by atoms with Crippen LogP contribution < -0.4 is 10.6 Å². The van der Waals surface area contributed by atoms with Gasteiger partial charge in [0, 0.05) is 21.4 Å². The molecule has 142 valence electrons. The second-order valence-corrected chi connectivity index (χ2v) is 7.45. The number of alkyl halides is 3. The van der Waals surface area contributed by atoms with Crippen molar-refractivity contribution in [1.29, 1.82) is 0 Å². The average molecular weight is 415 g/mol. The second-order valence-electron chi connectivity index (χ2n) is 5.88. The van der Waals surface area contributed by atoms with Crippen molar-refractivity contribution in [2.75, 3.05) is 11.1 Å². The van der Waals surface area contributed by atoms with Crippen molar-refractivity contribution < 1.29 is 22.8 Å². The van der Waals surface area contributed by atoms with Gasteiger partial charge in [0.25, 0.3) is 0 Å². The van der Waals surface area contributed by atoms with Crippen LogP contribution in [0, 0.1) is 0 Å². The van der Waals surface area contributed by atoms with Gasteiger partial charge in [0.2, 0.25) is 0 Å². The third kappa shape index (κ3) is 4.75. The number of carbonyl (C=O) groups excluding carboxylic acids is 2. The quantitative estimate of drug-likeness (QED) is 0.703. The fraction of sp³-hybridized carbons (Fsp3) is 0.222. The van der Waals surface area contributed by atoms with Crippen molar-refractivity contribution in [1.82, 2.24) is 5.32 Å². The Kier molecular flexibility index (Phi) is 5.67. The summed E-state index contributed by atoms with van der Waals surface area (Å²) in [6.07, 6.45) is -3.92. The van der Waals surface area contributed by atoms with Crippen LogP contribution in [0.5, 0.6) is 0 Å². The van der Waals surface area contributed by atoms with Gasteiger partial charge in [-0.15, -0.1) is 11.8 Å². The highest BCUT2D eigenvalue weighted by Crippen LogP contribution is 2.37. The van der Waals surface area contributed by atoms with E-state index in [-0.39, 0.29) is 11.7 Å². The Morgan fingerprint density at radius 3 is 2.63 bits per heavy atom. The number of benzene rings is 2. The molecule has 1 atom stereocenters. The number of hydrogen-bond acceptors (Lipinski definition) is 3. The largest absolute Gasteiger partial charge is 0.416 e. The summed E-state index contributed by atoms with van der Waals surface area (Å²) in [5.41, 5.74) is -0.194. The maximum atomic E-state index is 12.7. The van der Waals surface area contributed by atoms with Gasteiger partial charge in [0.15, 0.2) is 0 Å². The minimum Gasteiger partial charge on any atom is -0.341 e. The molecule has 9 heteroatoms. The van der Waals surface area contributed by atoms with Crippen LogP contribution in [0.25, 0.3) is 0 Å². The number of rotatable bonds is 2. The molecule has 4 nitrogen and oxygen atoms in total. The zero-order valence-electron chi connectivity index (χ0n) is 13.8. The molecule has 0 aromatic heterocycles. The number of thioether (sulfide) groups is 1. The Bertz CT molecular complexity index is 889. The summed E-state index contributed by atoms with van der Waals surface area (Å²) in [7, 11) is 0. The highest BCUT2D eigenvalue weighted by Gasteiger charge is 2.31. The van der Waals surface area contributed by atoms with E-state index in [0.717, 1.165) is 34.4 Å². The van der Waals surface area contributed by atoms with E-state index in [4.69, 9.17) is 11.6 Å². The minimum absolute atomic E-state index is 0.104. The van der Waals surface area contributed by atoms with Crippen LogP contribution in [0.1, 0.15) is 23.6 Å². The van der Waals surface area contributed by atoms with Crippen molar-refractivity contribution >= 4 is 40.9 Å². The number of nitrogens with one attached hydrogen (secondary N) is 2. The Morgan fingerprint density at radius 1 is 1.11 bits per heavy atom. The Labute approximate surface area is 162 Å². The molecule has 2 aromatic carbocycles. The van der Waals surface area contributed by atoms with Gasteiger partial charge < -0.3 is 10.6 Å². The van der Waals surface area contributed by atoms with E-state index in [1.807, 2.05) is 6.07 Å². The predicted octanol–water partition coefficient (Wildman–Crippen LogP) is 4.65. The van der Waals surface area contributed by atoms with Crippen molar-refractivity contribution in [3.63, 3.8) is 0 Å². The molecule has 2 aromatic rings. The molecule has 1 unspecified atom stereocenters. The summed E-state index contributed by atoms with van der Waals surface area (Å²) in [6, 6.07) is 9.05. The molecule has 0 saturated heterocycles. The van der Waals surface area contributed by atoms with Crippen LogP contribution in [0.4, 0.5) is 18.9 Å². The number of amides is 2. The normalized spacial score (nSPS) is 16.4. The minimum atomic E-state index is -4.54. The highest BCUT2D eigenvalue weighted by atomic mass is 35.5. The van der Waals surface area contributed by atoms with E-state index in [0.29, 0.717) is 11.4 Å². The standard InChI is InChI=1S/C18H14ClF3N2O2S/c19-11-4-5-15-13(9-11)14(6-7-27-15)24-17(26)16(25)23-12-3-1-2-10(8-12)18(20,21)22/h1-5,8-9,14H,6-7H2,(H,23,25)(H,24,26).